The van der Waals surface area contributed by atoms with Gasteiger partial charge in [0.1, 0.15) is 4.90 Å². The minimum absolute atomic E-state index is 0.0431. The number of aryl methyl sites for hydroxylation is 1. The minimum atomic E-state index is -3.86. The Kier molecular flexibility index (Phi) is 4.46. The van der Waals surface area contributed by atoms with Crippen LogP contribution in [0.4, 0.5) is 11.4 Å². The monoisotopic (exact) mass is 384 g/mol. The van der Waals surface area contributed by atoms with Gasteiger partial charge < -0.3 is 4.90 Å². The summed E-state index contributed by atoms with van der Waals surface area (Å²) in [5.41, 5.74) is 2.11. The first-order valence-electron chi connectivity index (χ1n) is 7.15. The highest BCUT2D eigenvalue weighted by Crippen LogP contribution is 2.31. The number of hydrogen-bond acceptors (Lipinski definition) is 3. The smallest absolute Gasteiger partial charge is 0.263 e. The summed E-state index contributed by atoms with van der Waals surface area (Å²) in [6.45, 7) is 0. The van der Waals surface area contributed by atoms with Gasteiger partial charge in [0.25, 0.3) is 10.0 Å². The highest BCUT2D eigenvalue weighted by molar-refractivity contribution is 7.92. The Hall–Kier alpha value is -1.76. The maximum atomic E-state index is 12.5. The van der Waals surface area contributed by atoms with E-state index in [0.29, 0.717) is 18.5 Å². The minimum Gasteiger partial charge on any atom is -0.315 e. The van der Waals surface area contributed by atoms with Crippen molar-refractivity contribution >= 4 is 50.5 Å². The summed E-state index contributed by atoms with van der Waals surface area (Å²) < 4.78 is 27.6. The van der Waals surface area contributed by atoms with Crippen molar-refractivity contribution in [1.29, 1.82) is 0 Å². The molecule has 126 valence electrons. The SMILES string of the molecule is CN1C(=O)CCc2cc(NS(=O)(=O)c3cc(Cl)ccc3Cl)ccc21. The molecule has 2 aromatic rings. The normalized spacial score (nSPS) is 14.5. The van der Waals surface area contributed by atoms with Gasteiger partial charge in [-0.05, 0) is 48.4 Å². The highest BCUT2D eigenvalue weighted by Gasteiger charge is 2.23. The van der Waals surface area contributed by atoms with Crippen LogP contribution in [-0.2, 0) is 21.2 Å². The van der Waals surface area contributed by atoms with E-state index in [9.17, 15) is 13.2 Å². The predicted molar refractivity (Wildman–Crippen MR) is 95.4 cm³/mol. The lowest BCUT2D eigenvalue weighted by molar-refractivity contribution is -0.118. The van der Waals surface area contributed by atoms with E-state index >= 15 is 0 Å². The molecule has 0 bridgehead atoms. The standard InChI is InChI=1S/C16H14Cl2N2O3S/c1-20-14-6-4-12(8-10(14)2-7-16(20)21)19-24(22,23)15-9-11(17)3-5-13(15)18/h3-6,8-9,19H,2,7H2,1H3. The summed E-state index contributed by atoms with van der Waals surface area (Å²) in [7, 11) is -2.16. The second-order valence-electron chi connectivity index (χ2n) is 5.48. The Balaban J connectivity index is 1.94. The Morgan fingerprint density at radius 2 is 1.83 bits per heavy atom. The Morgan fingerprint density at radius 1 is 1.08 bits per heavy atom. The fraction of sp³-hybridized carbons (Fsp3) is 0.188. The molecule has 24 heavy (non-hydrogen) atoms. The van der Waals surface area contributed by atoms with E-state index in [4.69, 9.17) is 23.2 Å². The maximum Gasteiger partial charge on any atom is 0.263 e. The van der Waals surface area contributed by atoms with Crippen molar-refractivity contribution in [3.8, 4) is 0 Å². The third-order valence-corrected chi connectivity index (χ3v) is 5.96. The molecule has 1 heterocycles. The molecule has 0 unspecified atom stereocenters. The molecular formula is C16H14Cl2N2O3S. The molecular weight excluding hydrogens is 371 g/mol. The fourth-order valence-corrected chi connectivity index (χ4v) is 4.43. The van der Waals surface area contributed by atoms with E-state index < -0.39 is 10.0 Å². The summed E-state index contributed by atoms with van der Waals surface area (Å²) in [5.74, 6) is 0.0431. The summed E-state index contributed by atoms with van der Waals surface area (Å²) in [4.78, 5) is 13.2. The van der Waals surface area contributed by atoms with Gasteiger partial charge in [-0.1, -0.05) is 23.2 Å². The number of halogens is 2. The van der Waals surface area contributed by atoms with Crippen LogP contribution in [0, 0.1) is 0 Å². The molecule has 0 saturated heterocycles. The molecule has 5 nitrogen and oxygen atoms in total. The molecule has 1 aliphatic heterocycles. The van der Waals surface area contributed by atoms with Crippen LogP contribution in [0.15, 0.2) is 41.3 Å². The number of carbonyl (C=O) groups excluding carboxylic acids is 1. The predicted octanol–water partition coefficient (Wildman–Crippen LogP) is 3.70. The number of anilines is 2. The van der Waals surface area contributed by atoms with Crippen LogP contribution in [0.1, 0.15) is 12.0 Å². The van der Waals surface area contributed by atoms with Gasteiger partial charge in [-0.2, -0.15) is 0 Å². The molecule has 0 fully saturated rings. The third kappa shape index (κ3) is 3.22. The largest absolute Gasteiger partial charge is 0.315 e. The zero-order valence-corrected chi connectivity index (χ0v) is 15.0. The summed E-state index contributed by atoms with van der Waals surface area (Å²) in [5, 5.41) is 0.376. The van der Waals surface area contributed by atoms with Crippen LogP contribution in [-0.4, -0.2) is 21.4 Å². The number of benzene rings is 2. The Labute approximate surface area is 150 Å². The second kappa shape index (κ2) is 6.27. The van der Waals surface area contributed by atoms with E-state index in [1.165, 1.54) is 18.2 Å². The van der Waals surface area contributed by atoms with E-state index in [-0.39, 0.29) is 20.8 Å². The molecule has 1 amide bonds. The zero-order valence-electron chi connectivity index (χ0n) is 12.7. The van der Waals surface area contributed by atoms with Gasteiger partial charge in [0.05, 0.1) is 5.02 Å². The lowest BCUT2D eigenvalue weighted by Gasteiger charge is -2.26. The van der Waals surface area contributed by atoms with Crippen molar-refractivity contribution in [3.05, 3.63) is 52.0 Å². The molecule has 1 aliphatic rings. The summed E-state index contributed by atoms with van der Waals surface area (Å²) >= 11 is 11.8. The topological polar surface area (TPSA) is 66.5 Å². The number of amides is 1. The van der Waals surface area contributed by atoms with Gasteiger partial charge in [0, 0.05) is 29.9 Å². The average molecular weight is 385 g/mol. The number of carbonyl (C=O) groups is 1. The van der Waals surface area contributed by atoms with Gasteiger partial charge in [-0.25, -0.2) is 8.42 Å². The maximum absolute atomic E-state index is 12.5. The number of nitrogens with one attached hydrogen (secondary N) is 1. The lowest BCUT2D eigenvalue weighted by Crippen LogP contribution is -2.31. The molecule has 8 heteroatoms. The van der Waals surface area contributed by atoms with E-state index in [1.54, 1.807) is 30.1 Å². The summed E-state index contributed by atoms with van der Waals surface area (Å²) in [6, 6.07) is 9.33. The van der Waals surface area contributed by atoms with Gasteiger partial charge >= 0.3 is 0 Å². The van der Waals surface area contributed by atoms with Gasteiger partial charge in [0.15, 0.2) is 0 Å². The van der Waals surface area contributed by atoms with Crippen molar-refractivity contribution in [2.75, 3.05) is 16.7 Å². The van der Waals surface area contributed by atoms with Crippen LogP contribution in [0.25, 0.3) is 0 Å². The molecule has 0 saturated carbocycles. The van der Waals surface area contributed by atoms with E-state index in [0.717, 1.165) is 11.3 Å². The third-order valence-electron chi connectivity index (χ3n) is 3.86. The molecule has 0 atom stereocenters. The average Bonchev–Trinajstić information content (AvgIpc) is 2.53. The quantitative estimate of drug-likeness (QED) is 0.876. The summed E-state index contributed by atoms with van der Waals surface area (Å²) in [6.07, 6.45) is 0.978. The Morgan fingerprint density at radius 3 is 2.58 bits per heavy atom. The van der Waals surface area contributed by atoms with Crippen LogP contribution < -0.4 is 9.62 Å². The highest BCUT2D eigenvalue weighted by atomic mass is 35.5. The van der Waals surface area contributed by atoms with Crippen molar-refractivity contribution in [3.63, 3.8) is 0 Å². The molecule has 0 radical (unpaired) electrons. The first kappa shape index (κ1) is 17.1. The number of rotatable bonds is 3. The van der Waals surface area contributed by atoms with Gasteiger partial charge in [-0.3, -0.25) is 9.52 Å². The fourth-order valence-electron chi connectivity index (χ4n) is 2.61. The van der Waals surface area contributed by atoms with Crippen LogP contribution in [0.3, 0.4) is 0 Å². The molecule has 0 aromatic heterocycles. The number of sulfonamides is 1. The van der Waals surface area contributed by atoms with Crippen molar-refractivity contribution < 1.29 is 13.2 Å². The lowest BCUT2D eigenvalue weighted by atomic mass is 10.0. The van der Waals surface area contributed by atoms with Gasteiger partial charge in [0.2, 0.25) is 5.91 Å². The zero-order chi connectivity index (χ0) is 17.5. The van der Waals surface area contributed by atoms with Crippen LogP contribution in [0.5, 0.6) is 0 Å². The van der Waals surface area contributed by atoms with Crippen molar-refractivity contribution in [1.82, 2.24) is 0 Å². The van der Waals surface area contributed by atoms with E-state index in [1.807, 2.05) is 0 Å². The second-order valence-corrected chi connectivity index (χ2v) is 7.97. The molecule has 2 aromatic carbocycles. The van der Waals surface area contributed by atoms with E-state index in [2.05, 4.69) is 4.72 Å². The van der Waals surface area contributed by atoms with Crippen LogP contribution in [0.2, 0.25) is 10.0 Å². The van der Waals surface area contributed by atoms with Gasteiger partial charge in [-0.15, -0.1) is 0 Å². The number of hydrogen-bond donors (Lipinski definition) is 1. The number of fused-ring (bicyclic) bond motifs is 1. The first-order chi connectivity index (χ1) is 11.3. The first-order valence-corrected chi connectivity index (χ1v) is 9.39. The Bertz CT molecular complexity index is 929. The number of nitrogens with zero attached hydrogens (tertiary/aromatic N) is 1. The van der Waals surface area contributed by atoms with Crippen molar-refractivity contribution in [2.24, 2.45) is 0 Å². The molecule has 1 N–H and O–H groups in total. The van der Waals surface area contributed by atoms with Crippen molar-refractivity contribution in [2.45, 2.75) is 17.7 Å². The molecule has 3 rings (SSSR count). The molecule has 0 spiro atoms. The molecule has 0 aliphatic carbocycles. The van der Waals surface area contributed by atoms with Crippen LogP contribution >= 0.6 is 23.2 Å².